The highest BCUT2D eigenvalue weighted by Crippen LogP contribution is 2.11. The van der Waals surface area contributed by atoms with Gasteiger partial charge in [0.25, 0.3) is 0 Å². The minimum absolute atomic E-state index is 1.02. The molecule has 0 aliphatic rings. The second kappa shape index (κ2) is 6.71. The molecule has 0 radical (unpaired) electrons. The van der Waals surface area contributed by atoms with Gasteiger partial charge in [-0.05, 0) is 6.42 Å². The van der Waals surface area contributed by atoms with Crippen LogP contribution in [0.4, 0.5) is 0 Å². The first-order valence-corrected chi connectivity index (χ1v) is 8.91. The molecular formula is C13H22Si. The second-order valence-electron chi connectivity index (χ2n) is 4.56. The third kappa shape index (κ3) is 5.86. The summed E-state index contributed by atoms with van der Waals surface area (Å²) in [5.74, 6) is 6.45. The van der Waals surface area contributed by atoms with Crippen LogP contribution in [0.25, 0.3) is 0 Å². The van der Waals surface area contributed by atoms with Gasteiger partial charge in [0.05, 0.1) is 8.07 Å². The van der Waals surface area contributed by atoms with Crippen molar-refractivity contribution >= 4 is 8.07 Å². The Labute approximate surface area is 90.1 Å². The number of hydrogen-bond donors (Lipinski definition) is 0. The van der Waals surface area contributed by atoms with Crippen LogP contribution in [0.3, 0.4) is 0 Å². The monoisotopic (exact) mass is 206 g/mol. The lowest BCUT2D eigenvalue weighted by Gasteiger charge is -2.12. The molecule has 0 aliphatic heterocycles. The average molecular weight is 206 g/mol. The van der Waals surface area contributed by atoms with Crippen LogP contribution in [0, 0.1) is 11.8 Å². The molecule has 0 rings (SSSR count). The third-order valence-corrected chi connectivity index (χ3v) is 3.85. The van der Waals surface area contributed by atoms with E-state index in [-0.39, 0.29) is 0 Å². The molecule has 0 nitrogen and oxygen atoms in total. The van der Waals surface area contributed by atoms with Gasteiger partial charge in [-0.3, -0.25) is 0 Å². The number of unbranched alkanes of at least 4 members (excludes halogenated alkanes) is 3. The van der Waals surface area contributed by atoms with Gasteiger partial charge in [0.15, 0.2) is 0 Å². The number of hydrogen-bond acceptors (Lipinski definition) is 0. The molecule has 0 N–H and O–H groups in total. The van der Waals surface area contributed by atoms with Gasteiger partial charge in [0, 0.05) is 11.6 Å². The molecule has 0 spiro atoms. The average Bonchev–Trinajstić information content (AvgIpc) is 2.09. The maximum absolute atomic E-state index is 3.71. The summed E-state index contributed by atoms with van der Waals surface area (Å²) in [6.45, 7) is 12.8. The van der Waals surface area contributed by atoms with E-state index in [0.29, 0.717) is 0 Å². The normalized spacial score (nSPS) is 10.0. The van der Waals surface area contributed by atoms with E-state index in [1.165, 1.54) is 19.3 Å². The lowest BCUT2D eigenvalue weighted by atomic mass is 10.2. The lowest BCUT2D eigenvalue weighted by molar-refractivity contribution is 0.737. The van der Waals surface area contributed by atoms with E-state index in [1.54, 1.807) is 0 Å². The summed E-state index contributed by atoms with van der Waals surface area (Å²) in [5, 5.41) is 1.16. The van der Waals surface area contributed by atoms with E-state index in [0.717, 1.165) is 11.6 Å². The zero-order valence-corrected chi connectivity index (χ0v) is 11.0. The lowest BCUT2D eigenvalue weighted by Crippen LogP contribution is -2.22. The van der Waals surface area contributed by atoms with Crippen molar-refractivity contribution in [1.82, 2.24) is 0 Å². The Bertz CT molecular complexity index is 264. The molecule has 0 fully saturated rings. The maximum atomic E-state index is 3.71. The van der Waals surface area contributed by atoms with Crippen LogP contribution in [0.15, 0.2) is 17.5 Å². The summed E-state index contributed by atoms with van der Waals surface area (Å²) < 4.78 is 0. The summed E-state index contributed by atoms with van der Waals surface area (Å²) in [6, 6.07) is 0. The zero-order valence-electron chi connectivity index (χ0n) is 10.0. The standard InChI is InChI=1S/C13H22Si/c1-6-8-9-10-11-12-13(7-2)14(3,4)5/h2,6,8-10H2,1,3-5H3. The zero-order chi connectivity index (χ0) is 11.0. The summed E-state index contributed by atoms with van der Waals surface area (Å²) >= 11 is 0. The Balaban J connectivity index is 4.14. The Hall–Kier alpha value is -0.703. The van der Waals surface area contributed by atoms with Gasteiger partial charge in [-0.1, -0.05) is 57.8 Å². The minimum Gasteiger partial charge on any atom is -0.121 e. The van der Waals surface area contributed by atoms with Crippen molar-refractivity contribution in [3.8, 4) is 11.8 Å². The van der Waals surface area contributed by atoms with Crippen molar-refractivity contribution in [2.75, 3.05) is 0 Å². The Morgan fingerprint density at radius 2 is 1.86 bits per heavy atom. The first kappa shape index (κ1) is 13.3. The smallest absolute Gasteiger partial charge is 0.0984 e. The molecule has 0 aromatic rings. The molecule has 0 saturated carbocycles. The molecule has 14 heavy (non-hydrogen) atoms. The van der Waals surface area contributed by atoms with Crippen molar-refractivity contribution in [1.29, 1.82) is 0 Å². The van der Waals surface area contributed by atoms with Crippen LogP contribution in [-0.4, -0.2) is 8.07 Å². The minimum atomic E-state index is -1.29. The summed E-state index contributed by atoms with van der Waals surface area (Å²) in [7, 11) is -1.29. The molecule has 0 unspecified atom stereocenters. The summed E-state index contributed by atoms with van der Waals surface area (Å²) in [5.41, 5.74) is 2.99. The molecule has 1 heteroatoms. The molecule has 0 heterocycles. The van der Waals surface area contributed by atoms with Crippen molar-refractivity contribution in [3.05, 3.63) is 17.5 Å². The summed E-state index contributed by atoms with van der Waals surface area (Å²) in [4.78, 5) is 0. The van der Waals surface area contributed by atoms with Crippen LogP contribution in [-0.2, 0) is 0 Å². The van der Waals surface area contributed by atoms with Crippen LogP contribution < -0.4 is 0 Å². The van der Waals surface area contributed by atoms with Gasteiger partial charge in [0.1, 0.15) is 0 Å². The van der Waals surface area contributed by atoms with Crippen LogP contribution in [0.5, 0.6) is 0 Å². The molecule has 0 amide bonds. The summed E-state index contributed by atoms with van der Waals surface area (Å²) in [6.07, 6.45) is 4.79. The highest BCUT2D eigenvalue weighted by molar-refractivity contribution is 6.84. The highest BCUT2D eigenvalue weighted by atomic mass is 28.3. The number of allylic oxidation sites excluding steroid dienone is 1. The van der Waals surface area contributed by atoms with Gasteiger partial charge in [-0.25, -0.2) is 0 Å². The van der Waals surface area contributed by atoms with E-state index < -0.39 is 8.07 Å². The molecule has 0 saturated heterocycles. The molecule has 0 bridgehead atoms. The van der Waals surface area contributed by atoms with Crippen LogP contribution in [0.1, 0.15) is 32.6 Å². The fraction of sp³-hybridized carbons (Fsp3) is 0.615. The van der Waals surface area contributed by atoms with E-state index in [4.69, 9.17) is 0 Å². The van der Waals surface area contributed by atoms with Gasteiger partial charge < -0.3 is 0 Å². The Morgan fingerprint density at radius 1 is 1.21 bits per heavy atom. The Kier molecular flexibility index (Phi) is 6.37. The molecule has 78 valence electrons. The first-order chi connectivity index (χ1) is 6.52. The second-order valence-corrected chi connectivity index (χ2v) is 9.56. The van der Waals surface area contributed by atoms with E-state index >= 15 is 0 Å². The fourth-order valence-electron chi connectivity index (χ4n) is 1.11. The first-order valence-electron chi connectivity index (χ1n) is 5.41. The largest absolute Gasteiger partial charge is 0.121 e. The van der Waals surface area contributed by atoms with Crippen LogP contribution in [0.2, 0.25) is 19.6 Å². The van der Waals surface area contributed by atoms with Crippen LogP contribution >= 0.6 is 0 Å². The fourth-order valence-corrected chi connectivity index (χ4v) is 2.10. The van der Waals surface area contributed by atoms with Crippen molar-refractivity contribution in [2.24, 2.45) is 0 Å². The molecular weight excluding hydrogens is 184 g/mol. The van der Waals surface area contributed by atoms with Crippen molar-refractivity contribution in [2.45, 2.75) is 52.2 Å². The van der Waals surface area contributed by atoms with Gasteiger partial charge in [-0.15, -0.1) is 5.73 Å². The predicted octanol–water partition coefficient (Wildman–Crippen LogP) is 4.16. The van der Waals surface area contributed by atoms with Gasteiger partial charge in [-0.2, -0.15) is 0 Å². The molecule has 0 aromatic heterocycles. The molecule has 0 aliphatic carbocycles. The van der Waals surface area contributed by atoms with Gasteiger partial charge in [0.2, 0.25) is 0 Å². The van der Waals surface area contributed by atoms with E-state index in [2.05, 4.69) is 50.7 Å². The predicted molar refractivity (Wildman–Crippen MR) is 67.9 cm³/mol. The molecule has 0 aromatic carbocycles. The SMILES string of the molecule is C=C=C(C#CCCCCC)[Si](C)(C)C. The van der Waals surface area contributed by atoms with E-state index in [1.807, 2.05) is 0 Å². The number of rotatable bonds is 4. The maximum Gasteiger partial charge on any atom is 0.0984 e. The third-order valence-electron chi connectivity index (χ3n) is 2.05. The highest BCUT2D eigenvalue weighted by Gasteiger charge is 2.17. The Morgan fingerprint density at radius 3 is 2.29 bits per heavy atom. The molecule has 0 atom stereocenters. The topological polar surface area (TPSA) is 0 Å². The van der Waals surface area contributed by atoms with Crippen molar-refractivity contribution in [3.63, 3.8) is 0 Å². The van der Waals surface area contributed by atoms with Crippen molar-refractivity contribution < 1.29 is 0 Å². The van der Waals surface area contributed by atoms with E-state index in [9.17, 15) is 0 Å². The quantitative estimate of drug-likeness (QED) is 0.280. The van der Waals surface area contributed by atoms with Gasteiger partial charge >= 0.3 is 0 Å².